The van der Waals surface area contributed by atoms with Crippen LogP contribution in [0.3, 0.4) is 0 Å². The summed E-state index contributed by atoms with van der Waals surface area (Å²) in [5.41, 5.74) is -0.435. The van der Waals surface area contributed by atoms with Crippen LogP contribution >= 0.6 is 0 Å². The van der Waals surface area contributed by atoms with Gasteiger partial charge < -0.3 is 24.5 Å². The first-order valence-corrected chi connectivity index (χ1v) is 14.9. The topological polar surface area (TPSA) is 121 Å². The quantitative estimate of drug-likeness (QED) is 0.270. The van der Waals surface area contributed by atoms with E-state index < -0.39 is 29.1 Å². The highest BCUT2D eigenvalue weighted by atomic mass is 16.5. The minimum absolute atomic E-state index is 0.122. The number of nitrogens with zero attached hydrogens (tertiary/aromatic N) is 6. The molecule has 3 aliphatic heterocycles. The van der Waals surface area contributed by atoms with Crippen LogP contribution in [0.2, 0.25) is 0 Å². The predicted molar refractivity (Wildman–Crippen MR) is 157 cm³/mol. The third kappa shape index (κ3) is 4.92. The van der Waals surface area contributed by atoms with Crippen molar-refractivity contribution in [3.63, 3.8) is 0 Å². The zero-order valence-corrected chi connectivity index (χ0v) is 24.7. The van der Waals surface area contributed by atoms with Crippen LogP contribution in [0, 0.1) is 11.8 Å². The van der Waals surface area contributed by atoms with Gasteiger partial charge in [-0.05, 0) is 44.7 Å². The molecule has 5 atom stereocenters. The van der Waals surface area contributed by atoms with Gasteiger partial charge in [0.25, 0.3) is 0 Å². The highest BCUT2D eigenvalue weighted by Crippen LogP contribution is 2.63. The molecule has 2 aromatic rings. The van der Waals surface area contributed by atoms with Gasteiger partial charge >= 0.3 is 0 Å². The van der Waals surface area contributed by atoms with Gasteiger partial charge in [-0.15, -0.1) is 18.3 Å². The van der Waals surface area contributed by atoms with E-state index in [1.165, 1.54) is 0 Å². The molecule has 0 saturated carbocycles. The number of hydrogen-bond acceptors (Lipinski definition) is 7. The summed E-state index contributed by atoms with van der Waals surface area (Å²) in [7, 11) is 1.71. The maximum absolute atomic E-state index is 14.6. The summed E-state index contributed by atoms with van der Waals surface area (Å²) in [4.78, 5) is 47.6. The number of aliphatic hydroxyl groups is 1. The summed E-state index contributed by atoms with van der Waals surface area (Å²) in [5.74, 6) is -2.05. The number of rotatable bonds is 14. The molecule has 0 aliphatic carbocycles. The summed E-state index contributed by atoms with van der Waals surface area (Å²) < 4.78 is 8.44. The van der Waals surface area contributed by atoms with E-state index >= 15 is 0 Å². The summed E-state index contributed by atoms with van der Waals surface area (Å²) in [5, 5.41) is 17.7. The van der Waals surface area contributed by atoms with Crippen LogP contribution in [-0.4, -0.2) is 103 Å². The zero-order chi connectivity index (χ0) is 30.1. The van der Waals surface area contributed by atoms with Crippen LogP contribution in [0.1, 0.15) is 45.4 Å². The second-order valence-electron chi connectivity index (χ2n) is 12.0. The molecule has 11 nitrogen and oxygen atoms in total. The molecule has 42 heavy (non-hydrogen) atoms. The van der Waals surface area contributed by atoms with Crippen LogP contribution in [0.15, 0.2) is 49.6 Å². The zero-order valence-electron chi connectivity index (χ0n) is 24.7. The van der Waals surface area contributed by atoms with Gasteiger partial charge in [0.2, 0.25) is 17.7 Å². The van der Waals surface area contributed by atoms with E-state index in [9.17, 15) is 19.5 Å². The number of carbonyl (C=O) groups excluding carboxylic acids is 3. The number of ether oxygens (including phenoxy) is 1. The molecule has 11 heteroatoms. The van der Waals surface area contributed by atoms with Crippen LogP contribution in [-0.2, 0) is 25.8 Å². The Balaban J connectivity index is 1.50. The van der Waals surface area contributed by atoms with Crippen molar-refractivity contribution < 1.29 is 24.2 Å². The Morgan fingerprint density at radius 1 is 1.12 bits per heavy atom. The average Bonchev–Trinajstić information content (AvgIpc) is 3.68. The second-order valence-corrected chi connectivity index (χ2v) is 12.0. The highest BCUT2D eigenvalue weighted by Gasteiger charge is 2.78. The van der Waals surface area contributed by atoms with Crippen molar-refractivity contribution in [1.82, 2.24) is 29.7 Å². The van der Waals surface area contributed by atoms with Gasteiger partial charge in [0.05, 0.1) is 23.0 Å². The van der Waals surface area contributed by atoms with Gasteiger partial charge in [0.15, 0.2) is 0 Å². The number of amides is 3. The number of carbonyl (C=O) groups is 3. The number of aliphatic hydroxyl groups excluding tert-OH is 1. The Hall–Kier alpha value is -3.57. The predicted octanol–water partition coefficient (Wildman–Crippen LogP) is 2.37. The first-order valence-electron chi connectivity index (χ1n) is 14.9. The third-order valence-electron chi connectivity index (χ3n) is 9.25. The lowest BCUT2D eigenvalue weighted by molar-refractivity contribution is -0.154. The molecule has 3 aliphatic rings. The fourth-order valence-electron chi connectivity index (χ4n) is 7.32. The van der Waals surface area contributed by atoms with Gasteiger partial charge in [0, 0.05) is 33.3 Å². The maximum atomic E-state index is 14.6. The summed E-state index contributed by atoms with van der Waals surface area (Å²) in [6, 6.07) is 6.66. The van der Waals surface area contributed by atoms with Crippen molar-refractivity contribution in [1.29, 1.82) is 0 Å². The van der Waals surface area contributed by atoms with Crippen molar-refractivity contribution in [2.24, 2.45) is 11.8 Å². The van der Waals surface area contributed by atoms with E-state index in [0.29, 0.717) is 38.8 Å². The Bertz CT molecular complexity index is 1360. The fraction of sp³-hybridized carbons (Fsp3) is 0.581. The third-order valence-corrected chi connectivity index (χ3v) is 9.25. The number of likely N-dealkylation sites (tertiary alicyclic amines) is 1. The van der Waals surface area contributed by atoms with E-state index in [1.54, 1.807) is 38.6 Å². The Morgan fingerprint density at radius 3 is 2.60 bits per heavy atom. The average molecular weight is 579 g/mol. The minimum atomic E-state index is -1.10. The summed E-state index contributed by atoms with van der Waals surface area (Å²) in [6.45, 7) is 10.8. The van der Waals surface area contributed by atoms with E-state index in [-0.39, 0.29) is 37.5 Å². The molecule has 2 bridgehead atoms. The highest BCUT2D eigenvalue weighted by molar-refractivity contribution is 5.99. The number of likely N-dealkylation sites (N-methyl/N-ethyl adjacent to an activating group) is 1. The van der Waals surface area contributed by atoms with Crippen molar-refractivity contribution in [2.75, 3.05) is 33.3 Å². The molecular formula is C31H42N6O5. The summed E-state index contributed by atoms with van der Waals surface area (Å²) >= 11 is 0. The Morgan fingerprint density at radius 2 is 1.86 bits per heavy atom. The monoisotopic (exact) mass is 578 g/mol. The van der Waals surface area contributed by atoms with Gasteiger partial charge in [-0.1, -0.05) is 42.3 Å². The molecule has 226 valence electrons. The fourth-order valence-corrected chi connectivity index (χ4v) is 7.32. The second kappa shape index (κ2) is 12.0. The molecule has 5 rings (SSSR count). The maximum Gasteiger partial charge on any atom is 0.250 e. The van der Waals surface area contributed by atoms with Crippen molar-refractivity contribution in [3.05, 3.63) is 49.6 Å². The lowest BCUT2D eigenvalue weighted by Gasteiger charge is -2.36. The number of aromatic nitrogens is 3. The molecule has 4 heterocycles. The first-order chi connectivity index (χ1) is 20.2. The minimum Gasteiger partial charge on any atom is -0.396 e. The number of hydrogen-bond donors (Lipinski definition) is 1. The molecular weight excluding hydrogens is 536 g/mol. The Kier molecular flexibility index (Phi) is 8.52. The molecule has 1 spiro atoms. The number of para-hydroxylation sites is 1. The number of fused-ring (bicyclic) bond motifs is 2. The van der Waals surface area contributed by atoms with Crippen molar-refractivity contribution in [3.8, 4) is 0 Å². The van der Waals surface area contributed by atoms with Gasteiger partial charge in [-0.25, -0.2) is 4.68 Å². The van der Waals surface area contributed by atoms with Crippen molar-refractivity contribution in [2.45, 2.75) is 69.4 Å². The SMILES string of the molecule is C=CCN(C)C(=O)[C@H]1[C@H]2C(=O)N(CCCCCCO)C(C(=O)N(CC=C)Cn3nnc4ccccc43)C23CC[C@]1(C)O3. The first kappa shape index (κ1) is 29.9. The lowest BCUT2D eigenvalue weighted by Crippen LogP contribution is -2.56. The van der Waals surface area contributed by atoms with Crippen molar-refractivity contribution >= 4 is 28.8 Å². The molecule has 1 aromatic carbocycles. The van der Waals surface area contributed by atoms with Crippen LogP contribution in [0.4, 0.5) is 0 Å². The van der Waals surface area contributed by atoms with E-state index in [1.807, 2.05) is 31.2 Å². The van der Waals surface area contributed by atoms with E-state index in [0.717, 1.165) is 23.9 Å². The van der Waals surface area contributed by atoms with E-state index in [2.05, 4.69) is 23.5 Å². The smallest absolute Gasteiger partial charge is 0.250 e. The molecule has 3 fully saturated rings. The van der Waals surface area contributed by atoms with Crippen LogP contribution in [0.5, 0.6) is 0 Å². The van der Waals surface area contributed by atoms with Crippen LogP contribution < -0.4 is 0 Å². The van der Waals surface area contributed by atoms with Gasteiger partial charge in [0.1, 0.15) is 23.8 Å². The molecule has 0 radical (unpaired) electrons. The lowest BCUT2D eigenvalue weighted by atomic mass is 9.66. The molecule has 2 unspecified atom stereocenters. The molecule has 1 aromatic heterocycles. The summed E-state index contributed by atoms with van der Waals surface area (Å²) in [6.07, 6.45) is 7.43. The van der Waals surface area contributed by atoms with Crippen LogP contribution in [0.25, 0.3) is 11.0 Å². The van der Waals surface area contributed by atoms with Gasteiger partial charge in [-0.3, -0.25) is 14.4 Å². The Labute approximate surface area is 246 Å². The van der Waals surface area contributed by atoms with E-state index in [4.69, 9.17) is 4.74 Å². The molecule has 3 amide bonds. The molecule has 1 N–H and O–H groups in total. The largest absolute Gasteiger partial charge is 0.396 e. The number of benzene rings is 1. The van der Waals surface area contributed by atoms with Gasteiger partial charge in [-0.2, -0.15) is 0 Å². The normalized spacial score (nSPS) is 27.8. The number of unbranched alkanes of at least 4 members (excludes halogenated alkanes) is 3. The molecule has 3 saturated heterocycles. The standard InChI is InChI=1S/C31H42N6O5/c1-5-17-34(4)27(39)24-25-28(40)36(19-11-7-8-12-20-38)26(31(25)16-15-30(24,3)42-31)29(41)35(18-6-2)21-37-23-14-10-9-13-22(23)32-33-37/h5-6,9-10,13-14,24-26,38H,1-2,7-8,11-12,15-21H2,3-4H3/t24-,25+,26?,30+,31?/m1/s1.